The molecule has 1 heterocycles. The van der Waals surface area contributed by atoms with Gasteiger partial charge in [0.1, 0.15) is 6.54 Å². The summed E-state index contributed by atoms with van der Waals surface area (Å²) in [5, 5.41) is 17.3. The first-order chi connectivity index (χ1) is 9.48. The van der Waals surface area contributed by atoms with Gasteiger partial charge in [-0.15, -0.1) is 5.10 Å². The number of nitrogens with one attached hydrogen (secondary N) is 1. The summed E-state index contributed by atoms with van der Waals surface area (Å²) < 4.78 is 38.8. The second kappa shape index (κ2) is 5.70. The number of halogens is 3. The molecule has 0 spiro atoms. The van der Waals surface area contributed by atoms with Crippen molar-refractivity contribution in [1.29, 1.82) is 0 Å². The molecular formula is C11H15F3N4O3. The van der Waals surface area contributed by atoms with Gasteiger partial charge in [-0.1, -0.05) is 12.1 Å². The molecule has 1 amide bonds. The minimum absolute atomic E-state index is 0.241. The van der Waals surface area contributed by atoms with E-state index in [1.54, 1.807) is 20.8 Å². The van der Waals surface area contributed by atoms with Crippen molar-refractivity contribution >= 4 is 11.9 Å². The molecule has 0 atom stereocenters. The number of aromatic nitrogens is 3. The Hall–Kier alpha value is -2.13. The number of aromatic carboxylic acids is 1. The first-order valence-corrected chi connectivity index (χ1v) is 6.03. The van der Waals surface area contributed by atoms with Gasteiger partial charge in [0.15, 0.2) is 5.69 Å². The van der Waals surface area contributed by atoms with Crippen molar-refractivity contribution in [2.24, 2.45) is 0 Å². The van der Waals surface area contributed by atoms with Crippen LogP contribution in [-0.4, -0.2) is 37.5 Å². The van der Waals surface area contributed by atoms with Crippen LogP contribution >= 0.6 is 0 Å². The van der Waals surface area contributed by atoms with Crippen LogP contribution in [0.5, 0.6) is 0 Å². The summed E-state index contributed by atoms with van der Waals surface area (Å²) in [6.07, 6.45) is -4.40. The fourth-order valence-electron chi connectivity index (χ4n) is 1.49. The van der Waals surface area contributed by atoms with Gasteiger partial charge in [-0.25, -0.2) is 9.48 Å². The summed E-state index contributed by atoms with van der Waals surface area (Å²) in [6, 6.07) is 0. The van der Waals surface area contributed by atoms with Crippen LogP contribution in [-0.2, 0) is 17.5 Å². The molecule has 118 valence electrons. The molecule has 7 nitrogen and oxygen atoms in total. The van der Waals surface area contributed by atoms with Gasteiger partial charge < -0.3 is 10.4 Å². The number of rotatable bonds is 5. The second-order valence-electron chi connectivity index (χ2n) is 5.03. The van der Waals surface area contributed by atoms with Gasteiger partial charge in [-0.3, -0.25) is 4.79 Å². The molecule has 10 heteroatoms. The van der Waals surface area contributed by atoms with Gasteiger partial charge >= 0.3 is 12.1 Å². The number of hydrogen-bond acceptors (Lipinski definition) is 4. The van der Waals surface area contributed by atoms with Crippen molar-refractivity contribution in [3.05, 3.63) is 11.4 Å². The Kier molecular flexibility index (Phi) is 4.59. The summed E-state index contributed by atoms with van der Waals surface area (Å²) in [6.45, 7) is 4.46. The van der Waals surface area contributed by atoms with Gasteiger partial charge in [-0.05, 0) is 20.3 Å². The van der Waals surface area contributed by atoms with Crippen LogP contribution in [0.1, 0.15) is 43.4 Å². The first kappa shape index (κ1) is 16.9. The number of carboxylic acid groups (broad SMARTS) is 1. The highest BCUT2D eigenvalue weighted by Crippen LogP contribution is 2.31. The van der Waals surface area contributed by atoms with Crippen LogP contribution in [0.15, 0.2) is 0 Å². The molecule has 0 saturated heterocycles. The average Bonchev–Trinajstić information content (AvgIpc) is 2.71. The number of carbonyl (C=O) groups is 2. The molecule has 2 N–H and O–H groups in total. The summed E-state index contributed by atoms with van der Waals surface area (Å²) in [7, 11) is 0. The molecule has 0 saturated carbocycles. The van der Waals surface area contributed by atoms with E-state index in [9.17, 15) is 22.8 Å². The van der Waals surface area contributed by atoms with Crippen LogP contribution in [0.25, 0.3) is 0 Å². The molecule has 0 aliphatic heterocycles. The zero-order chi connectivity index (χ0) is 16.4. The predicted molar refractivity (Wildman–Crippen MR) is 64.5 cm³/mol. The molecule has 0 unspecified atom stereocenters. The van der Waals surface area contributed by atoms with Crippen molar-refractivity contribution in [3.63, 3.8) is 0 Å². The molecule has 1 aromatic rings. The van der Waals surface area contributed by atoms with Crippen LogP contribution in [0.2, 0.25) is 0 Å². The molecule has 0 aliphatic carbocycles. The minimum Gasteiger partial charge on any atom is -0.476 e. The van der Waals surface area contributed by atoms with E-state index in [4.69, 9.17) is 5.11 Å². The molecule has 0 bridgehead atoms. The van der Waals surface area contributed by atoms with Crippen molar-refractivity contribution in [3.8, 4) is 0 Å². The van der Waals surface area contributed by atoms with E-state index < -0.39 is 41.5 Å². The minimum atomic E-state index is -4.97. The first-order valence-electron chi connectivity index (χ1n) is 6.03. The zero-order valence-corrected chi connectivity index (χ0v) is 11.7. The van der Waals surface area contributed by atoms with Crippen LogP contribution in [0.3, 0.4) is 0 Å². The van der Waals surface area contributed by atoms with Crippen LogP contribution < -0.4 is 5.32 Å². The summed E-state index contributed by atoms with van der Waals surface area (Å²) in [5.74, 6) is -2.57. The van der Waals surface area contributed by atoms with Gasteiger partial charge in [0.05, 0.1) is 0 Å². The standard InChI is InChI=1S/C11H15F3N4O3/c1-4-10(2,3)15-6(19)5-18-8(11(12,13)14)7(9(20)21)16-17-18/h4-5H2,1-3H3,(H,15,19)(H,20,21). The zero-order valence-electron chi connectivity index (χ0n) is 11.7. The van der Waals surface area contributed by atoms with E-state index in [0.717, 1.165) is 0 Å². The SMILES string of the molecule is CCC(C)(C)NC(=O)Cn1nnc(C(=O)O)c1C(F)(F)F. The van der Waals surface area contributed by atoms with Crippen molar-refractivity contribution in [2.75, 3.05) is 0 Å². The van der Waals surface area contributed by atoms with E-state index in [1.165, 1.54) is 0 Å². The quantitative estimate of drug-likeness (QED) is 0.854. The number of carboxylic acids is 1. The number of nitrogens with zero attached hydrogens (tertiary/aromatic N) is 3. The van der Waals surface area contributed by atoms with Crippen LogP contribution in [0.4, 0.5) is 13.2 Å². The molecule has 0 aromatic carbocycles. The summed E-state index contributed by atoms with van der Waals surface area (Å²) in [5.41, 5.74) is -3.38. The van der Waals surface area contributed by atoms with Gasteiger partial charge in [0.25, 0.3) is 0 Å². The second-order valence-corrected chi connectivity index (χ2v) is 5.03. The maximum Gasteiger partial charge on any atom is 0.435 e. The Morgan fingerprint density at radius 2 is 1.90 bits per heavy atom. The molecule has 21 heavy (non-hydrogen) atoms. The number of amides is 1. The largest absolute Gasteiger partial charge is 0.476 e. The van der Waals surface area contributed by atoms with Crippen LogP contribution in [0, 0.1) is 0 Å². The van der Waals surface area contributed by atoms with Gasteiger partial charge in [0, 0.05) is 5.54 Å². The highest BCUT2D eigenvalue weighted by atomic mass is 19.4. The van der Waals surface area contributed by atoms with Gasteiger partial charge in [-0.2, -0.15) is 13.2 Å². The molecule has 0 fully saturated rings. The Morgan fingerprint density at radius 1 is 1.33 bits per heavy atom. The fourth-order valence-corrected chi connectivity index (χ4v) is 1.49. The monoisotopic (exact) mass is 308 g/mol. The summed E-state index contributed by atoms with van der Waals surface area (Å²) in [4.78, 5) is 22.5. The van der Waals surface area contributed by atoms with E-state index in [2.05, 4.69) is 15.6 Å². The third-order valence-electron chi connectivity index (χ3n) is 2.86. The molecule has 0 aliphatic rings. The van der Waals surface area contributed by atoms with E-state index >= 15 is 0 Å². The topological polar surface area (TPSA) is 97.1 Å². The third-order valence-corrected chi connectivity index (χ3v) is 2.86. The van der Waals surface area contributed by atoms with E-state index in [-0.39, 0.29) is 4.68 Å². The van der Waals surface area contributed by atoms with Crippen molar-refractivity contribution in [1.82, 2.24) is 20.3 Å². The van der Waals surface area contributed by atoms with E-state index in [1.807, 2.05) is 0 Å². The number of carbonyl (C=O) groups excluding carboxylic acids is 1. The highest BCUT2D eigenvalue weighted by Gasteiger charge is 2.42. The molecule has 1 rings (SSSR count). The Labute approximate surface area is 118 Å². The third kappa shape index (κ3) is 4.17. The summed E-state index contributed by atoms with van der Waals surface area (Å²) >= 11 is 0. The smallest absolute Gasteiger partial charge is 0.435 e. The predicted octanol–water partition coefficient (Wildman–Crippen LogP) is 1.30. The Bertz CT molecular complexity index is 551. The van der Waals surface area contributed by atoms with Gasteiger partial charge in [0.2, 0.25) is 11.6 Å². The fraction of sp³-hybridized carbons (Fsp3) is 0.636. The Balaban J connectivity index is 3.05. The lowest BCUT2D eigenvalue weighted by atomic mass is 10.0. The van der Waals surface area contributed by atoms with Crippen molar-refractivity contribution in [2.45, 2.75) is 45.5 Å². The van der Waals surface area contributed by atoms with E-state index in [0.29, 0.717) is 6.42 Å². The molecule has 0 radical (unpaired) electrons. The average molecular weight is 308 g/mol. The maximum absolute atomic E-state index is 12.9. The lowest BCUT2D eigenvalue weighted by Gasteiger charge is -2.24. The normalized spacial score (nSPS) is 12.3. The number of alkyl halides is 3. The Morgan fingerprint density at radius 3 is 2.33 bits per heavy atom. The lowest BCUT2D eigenvalue weighted by molar-refractivity contribution is -0.145. The number of hydrogen-bond donors (Lipinski definition) is 2. The molecular weight excluding hydrogens is 293 g/mol. The van der Waals surface area contributed by atoms with Crippen molar-refractivity contribution < 1.29 is 27.9 Å². The lowest BCUT2D eigenvalue weighted by Crippen LogP contribution is -2.44. The molecule has 1 aromatic heterocycles. The highest BCUT2D eigenvalue weighted by molar-refractivity contribution is 5.87. The maximum atomic E-state index is 12.9.